The van der Waals surface area contributed by atoms with Gasteiger partial charge < -0.3 is 10.4 Å². The molecule has 1 fully saturated rings. The lowest BCUT2D eigenvalue weighted by Crippen LogP contribution is -2.45. The third-order valence-corrected chi connectivity index (χ3v) is 3.26. The van der Waals surface area contributed by atoms with Gasteiger partial charge in [0, 0.05) is 18.7 Å². The Morgan fingerprint density at radius 3 is 2.29 bits per heavy atom. The molecule has 1 atom stereocenters. The molecule has 1 aliphatic rings. The second-order valence-electron chi connectivity index (χ2n) is 5.58. The molecule has 0 amide bonds. The van der Waals surface area contributed by atoms with E-state index in [1.165, 1.54) is 25.7 Å². The van der Waals surface area contributed by atoms with Crippen LogP contribution in [0.1, 0.15) is 52.9 Å². The number of hydrogen-bond donors (Lipinski definition) is 2. The highest BCUT2D eigenvalue weighted by Crippen LogP contribution is 2.25. The van der Waals surface area contributed by atoms with Gasteiger partial charge in [0.2, 0.25) is 0 Å². The van der Waals surface area contributed by atoms with E-state index in [4.69, 9.17) is 5.11 Å². The third-order valence-electron chi connectivity index (χ3n) is 3.26. The van der Waals surface area contributed by atoms with Gasteiger partial charge in [-0.2, -0.15) is 0 Å². The van der Waals surface area contributed by atoms with E-state index in [9.17, 15) is 0 Å². The van der Waals surface area contributed by atoms with Crippen LogP contribution in [0.15, 0.2) is 0 Å². The molecular formula is C12H25NO. The molecule has 0 aromatic heterocycles. The lowest BCUT2D eigenvalue weighted by molar-refractivity contribution is 0.185. The van der Waals surface area contributed by atoms with E-state index >= 15 is 0 Å². The summed E-state index contributed by atoms with van der Waals surface area (Å²) in [6.45, 7) is 7.03. The van der Waals surface area contributed by atoms with Crippen molar-refractivity contribution in [3.8, 4) is 0 Å². The minimum atomic E-state index is 0.255. The fraction of sp³-hybridized carbons (Fsp3) is 1.00. The Morgan fingerprint density at radius 1 is 1.29 bits per heavy atom. The molecule has 0 bridgehead atoms. The quantitative estimate of drug-likeness (QED) is 0.728. The van der Waals surface area contributed by atoms with E-state index in [-0.39, 0.29) is 5.41 Å². The molecule has 0 heterocycles. The summed E-state index contributed by atoms with van der Waals surface area (Å²) in [6.07, 6.45) is 6.25. The van der Waals surface area contributed by atoms with E-state index in [1.54, 1.807) is 0 Å². The highest BCUT2D eigenvalue weighted by atomic mass is 16.3. The Balaban J connectivity index is 2.41. The second-order valence-corrected chi connectivity index (χ2v) is 5.58. The molecule has 1 rings (SSSR count). The maximum atomic E-state index is 9.03. The number of nitrogens with one attached hydrogen (secondary N) is 1. The van der Waals surface area contributed by atoms with Crippen LogP contribution in [-0.2, 0) is 0 Å². The number of rotatable bonds is 4. The average molecular weight is 199 g/mol. The van der Waals surface area contributed by atoms with Gasteiger partial charge in [-0.25, -0.2) is 0 Å². The Kier molecular flexibility index (Phi) is 4.39. The molecule has 14 heavy (non-hydrogen) atoms. The van der Waals surface area contributed by atoms with Crippen molar-refractivity contribution in [2.24, 2.45) is 5.41 Å². The van der Waals surface area contributed by atoms with Crippen LogP contribution in [0.25, 0.3) is 0 Å². The van der Waals surface area contributed by atoms with Crippen LogP contribution in [-0.4, -0.2) is 23.8 Å². The minimum absolute atomic E-state index is 0.255. The van der Waals surface area contributed by atoms with Crippen LogP contribution in [0.5, 0.6) is 0 Å². The topological polar surface area (TPSA) is 32.3 Å². The standard InChI is InChI=1S/C12H25NO/c1-12(2,3)11(8-9-14)13-10-6-4-5-7-10/h10-11,13-14H,4-9H2,1-3H3. The molecule has 1 aliphatic carbocycles. The third kappa shape index (κ3) is 3.58. The van der Waals surface area contributed by atoms with Gasteiger partial charge in [-0.05, 0) is 24.7 Å². The summed E-state index contributed by atoms with van der Waals surface area (Å²) in [7, 11) is 0. The molecule has 84 valence electrons. The summed E-state index contributed by atoms with van der Waals surface area (Å²) in [5, 5.41) is 12.7. The largest absolute Gasteiger partial charge is 0.396 e. The van der Waals surface area contributed by atoms with Gasteiger partial charge in [0.05, 0.1) is 0 Å². The van der Waals surface area contributed by atoms with Crippen LogP contribution in [0.2, 0.25) is 0 Å². The lowest BCUT2D eigenvalue weighted by atomic mass is 9.84. The zero-order valence-corrected chi connectivity index (χ0v) is 9.84. The highest BCUT2D eigenvalue weighted by Gasteiger charge is 2.27. The minimum Gasteiger partial charge on any atom is -0.396 e. The first kappa shape index (κ1) is 12.0. The number of aliphatic hydroxyl groups excluding tert-OH is 1. The van der Waals surface area contributed by atoms with Gasteiger partial charge in [0.1, 0.15) is 0 Å². The van der Waals surface area contributed by atoms with Crippen molar-refractivity contribution in [1.82, 2.24) is 5.32 Å². The zero-order valence-electron chi connectivity index (χ0n) is 9.84. The summed E-state index contributed by atoms with van der Waals surface area (Å²) >= 11 is 0. The summed E-state index contributed by atoms with van der Waals surface area (Å²) < 4.78 is 0. The fourth-order valence-corrected chi connectivity index (χ4v) is 2.27. The van der Waals surface area contributed by atoms with Crippen molar-refractivity contribution in [2.75, 3.05) is 6.61 Å². The molecule has 0 aromatic rings. The van der Waals surface area contributed by atoms with Gasteiger partial charge in [-0.1, -0.05) is 33.6 Å². The normalized spacial score (nSPS) is 21.4. The Labute approximate surface area is 88.1 Å². The molecule has 0 aromatic carbocycles. The van der Waals surface area contributed by atoms with Crippen LogP contribution in [0.3, 0.4) is 0 Å². The first-order chi connectivity index (χ1) is 6.54. The lowest BCUT2D eigenvalue weighted by Gasteiger charge is -2.33. The first-order valence-electron chi connectivity index (χ1n) is 5.91. The molecule has 2 heteroatoms. The molecule has 0 radical (unpaired) electrons. The smallest absolute Gasteiger partial charge is 0.0446 e. The predicted molar refractivity (Wildman–Crippen MR) is 60.3 cm³/mol. The molecule has 2 N–H and O–H groups in total. The van der Waals surface area contributed by atoms with Crippen LogP contribution < -0.4 is 5.32 Å². The Hall–Kier alpha value is -0.0800. The van der Waals surface area contributed by atoms with Crippen molar-refractivity contribution in [3.63, 3.8) is 0 Å². The summed E-state index contributed by atoms with van der Waals surface area (Å²) in [6, 6.07) is 1.15. The first-order valence-corrected chi connectivity index (χ1v) is 5.91. The predicted octanol–water partition coefficient (Wildman–Crippen LogP) is 2.32. The maximum absolute atomic E-state index is 9.03. The molecular weight excluding hydrogens is 174 g/mol. The molecule has 0 saturated heterocycles. The number of aliphatic hydroxyl groups is 1. The van der Waals surface area contributed by atoms with Crippen LogP contribution >= 0.6 is 0 Å². The Morgan fingerprint density at radius 2 is 1.86 bits per heavy atom. The zero-order chi connectivity index (χ0) is 10.6. The monoisotopic (exact) mass is 199 g/mol. The van der Waals surface area contributed by atoms with Crippen molar-refractivity contribution in [2.45, 2.75) is 65.0 Å². The van der Waals surface area contributed by atoms with Gasteiger partial charge in [-0.3, -0.25) is 0 Å². The molecule has 0 spiro atoms. The van der Waals surface area contributed by atoms with Crippen molar-refractivity contribution < 1.29 is 5.11 Å². The van der Waals surface area contributed by atoms with E-state index < -0.39 is 0 Å². The second kappa shape index (κ2) is 5.13. The van der Waals surface area contributed by atoms with Gasteiger partial charge in [0.15, 0.2) is 0 Å². The molecule has 1 saturated carbocycles. The molecule has 1 unspecified atom stereocenters. The van der Waals surface area contributed by atoms with Crippen LogP contribution in [0, 0.1) is 5.41 Å². The molecule has 0 aliphatic heterocycles. The SMILES string of the molecule is CC(C)(C)C(CCO)NC1CCCC1. The summed E-state index contributed by atoms with van der Waals surface area (Å²) in [4.78, 5) is 0. The van der Waals surface area contributed by atoms with Gasteiger partial charge >= 0.3 is 0 Å². The van der Waals surface area contributed by atoms with Gasteiger partial charge in [-0.15, -0.1) is 0 Å². The van der Waals surface area contributed by atoms with Crippen LogP contribution in [0.4, 0.5) is 0 Å². The van der Waals surface area contributed by atoms with E-state index in [0.717, 1.165) is 6.42 Å². The van der Waals surface area contributed by atoms with Crippen molar-refractivity contribution >= 4 is 0 Å². The average Bonchev–Trinajstić information content (AvgIpc) is 2.54. The molecule has 2 nitrogen and oxygen atoms in total. The summed E-state index contributed by atoms with van der Waals surface area (Å²) in [5.74, 6) is 0. The van der Waals surface area contributed by atoms with Gasteiger partial charge in [0.25, 0.3) is 0 Å². The van der Waals surface area contributed by atoms with E-state index in [2.05, 4.69) is 26.1 Å². The highest BCUT2D eigenvalue weighted by molar-refractivity contribution is 4.85. The summed E-state index contributed by atoms with van der Waals surface area (Å²) in [5.41, 5.74) is 0.255. The van der Waals surface area contributed by atoms with Crippen molar-refractivity contribution in [1.29, 1.82) is 0 Å². The number of hydrogen-bond acceptors (Lipinski definition) is 2. The maximum Gasteiger partial charge on any atom is 0.0446 e. The van der Waals surface area contributed by atoms with E-state index in [0.29, 0.717) is 18.7 Å². The van der Waals surface area contributed by atoms with Crippen molar-refractivity contribution in [3.05, 3.63) is 0 Å². The fourth-order valence-electron chi connectivity index (χ4n) is 2.27. The van der Waals surface area contributed by atoms with E-state index in [1.807, 2.05) is 0 Å². The Bertz CT molecular complexity index is 156.